The van der Waals surface area contributed by atoms with Crippen LogP contribution in [0.25, 0.3) is 0 Å². The summed E-state index contributed by atoms with van der Waals surface area (Å²) in [6, 6.07) is 11.1. The van der Waals surface area contributed by atoms with Gasteiger partial charge < -0.3 is 19.7 Å². The molecule has 0 aromatic heterocycles. The van der Waals surface area contributed by atoms with E-state index in [9.17, 15) is 4.79 Å². The number of morpholine rings is 1. The molecule has 2 heterocycles. The molecule has 0 spiro atoms. The van der Waals surface area contributed by atoms with Crippen LogP contribution in [-0.4, -0.2) is 42.9 Å². The molecule has 0 radical (unpaired) electrons. The van der Waals surface area contributed by atoms with Crippen LogP contribution in [0.4, 0.5) is 11.4 Å². The topological polar surface area (TPSA) is 63.2 Å². The summed E-state index contributed by atoms with van der Waals surface area (Å²) in [5, 5.41) is 3.62. The molecule has 2 aliphatic heterocycles. The molecule has 3 aliphatic rings. The Hall–Kier alpha value is -2.57. The number of rotatable bonds is 2. The van der Waals surface area contributed by atoms with E-state index in [1.807, 2.05) is 24.3 Å². The van der Waals surface area contributed by atoms with E-state index in [-0.39, 0.29) is 11.8 Å². The molecule has 2 aromatic rings. The van der Waals surface area contributed by atoms with Gasteiger partial charge in [0, 0.05) is 29.7 Å². The average Bonchev–Trinajstić information content (AvgIpc) is 3.55. The van der Waals surface area contributed by atoms with Crippen molar-refractivity contribution in [1.82, 2.24) is 4.90 Å². The fraction of sp³-hybridized carbons (Fsp3) is 0.333. The lowest BCUT2D eigenvalue weighted by molar-refractivity contribution is -0.117. The number of benzene rings is 2. The van der Waals surface area contributed by atoms with Gasteiger partial charge in [0.1, 0.15) is 17.3 Å². The SMILES string of the molecule is O=C(Nc1ccc2c(c1)C(N1CCOCC1)=Nc1cc(Cl)ccc1O2)C1CC1. The minimum absolute atomic E-state index is 0.0782. The third-order valence-corrected chi connectivity index (χ3v) is 5.35. The molecule has 1 amide bonds. The number of carbonyl (C=O) groups is 1. The van der Waals surface area contributed by atoms with Crippen molar-refractivity contribution < 1.29 is 14.3 Å². The van der Waals surface area contributed by atoms with Crippen LogP contribution in [0.2, 0.25) is 5.02 Å². The molecular weight excluding hydrogens is 378 g/mol. The van der Waals surface area contributed by atoms with Gasteiger partial charge in [0.2, 0.25) is 5.91 Å². The van der Waals surface area contributed by atoms with E-state index in [1.54, 1.807) is 12.1 Å². The molecule has 0 unspecified atom stereocenters. The molecule has 6 nitrogen and oxygen atoms in total. The predicted octanol–water partition coefficient (Wildman–Crippen LogP) is 4.20. The summed E-state index contributed by atoms with van der Waals surface area (Å²) in [5.41, 5.74) is 2.29. The summed E-state index contributed by atoms with van der Waals surface area (Å²) >= 11 is 6.19. The number of aliphatic imine (C=N–C) groups is 1. The van der Waals surface area contributed by atoms with Gasteiger partial charge in [-0.05, 0) is 49.2 Å². The summed E-state index contributed by atoms with van der Waals surface area (Å²) in [6.07, 6.45) is 1.94. The van der Waals surface area contributed by atoms with E-state index in [4.69, 9.17) is 26.1 Å². The lowest BCUT2D eigenvalue weighted by Gasteiger charge is -2.30. The smallest absolute Gasteiger partial charge is 0.227 e. The first-order valence-electron chi connectivity index (χ1n) is 9.51. The molecule has 1 aliphatic carbocycles. The minimum Gasteiger partial charge on any atom is -0.454 e. The number of hydrogen-bond acceptors (Lipinski definition) is 5. The van der Waals surface area contributed by atoms with Crippen molar-refractivity contribution in [3.63, 3.8) is 0 Å². The zero-order chi connectivity index (χ0) is 19.1. The maximum atomic E-state index is 12.2. The van der Waals surface area contributed by atoms with Crippen molar-refractivity contribution in [2.45, 2.75) is 12.8 Å². The lowest BCUT2D eigenvalue weighted by atomic mass is 10.1. The van der Waals surface area contributed by atoms with Gasteiger partial charge in [-0.25, -0.2) is 4.99 Å². The number of ether oxygens (including phenoxy) is 2. The van der Waals surface area contributed by atoms with Crippen molar-refractivity contribution in [2.24, 2.45) is 10.9 Å². The molecule has 1 N–H and O–H groups in total. The summed E-state index contributed by atoms with van der Waals surface area (Å²) in [7, 11) is 0. The molecule has 2 fully saturated rings. The van der Waals surface area contributed by atoms with Gasteiger partial charge in [-0.1, -0.05) is 11.6 Å². The second-order valence-corrected chi connectivity index (χ2v) is 7.66. The monoisotopic (exact) mass is 397 g/mol. The van der Waals surface area contributed by atoms with Gasteiger partial charge in [-0.2, -0.15) is 0 Å². The number of amides is 1. The Bertz CT molecular complexity index is 965. The number of carbonyl (C=O) groups excluding carboxylic acids is 1. The highest BCUT2D eigenvalue weighted by Crippen LogP contribution is 2.40. The number of halogens is 1. The third-order valence-electron chi connectivity index (χ3n) is 5.11. The lowest BCUT2D eigenvalue weighted by Crippen LogP contribution is -2.41. The van der Waals surface area contributed by atoms with Crippen LogP contribution in [0.15, 0.2) is 41.4 Å². The first kappa shape index (κ1) is 17.5. The highest BCUT2D eigenvalue weighted by molar-refractivity contribution is 6.31. The number of anilines is 1. The Morgan fingerprint density at radius 2 is 1.89 bits per heavy atom. The number of hydrogen-bond donors (Lipinski definition) is 1. The average molecular weight is 398 g/mol. The van der Waals surface area contributed by atoms with E-state index in [2.05, 4.69) is 10.2 Å². The van der Waals surface area contributed by atoms with Crippen LogP contribution < -0.4 is 10.1 Å². The molecule has 1 saturated carbocycles. The fourth-order valence-corrected chi connectivity index (χ4v) is 3.60. The summed E-state index contributed by atoms with van der Waals surface area (Å²) < 4.78 is 11.7. The van der Waals surface area contributed by atoms with Crippen LogP contribution in [0.5, 0.6) is 11.5 Å². The Morgan fingerprint density at radius 3 is 2.68 bits per heavy atom. The number of fused-ring (bicyclic) bond motifs is 2. The van der Waals surface area contributed by atoms with Gasteiger partial charge in [0.15, 0.2) is 5.75 Å². The normalized spacial score (nSPS) is 18.3. The van der Waals surface area contributed by atoms with Gasteiger partial charge in [-0.15, -0.1) is 0 Å². The van der Waals surface area contributed by atoms with Crippen molar-refractivity contribution in [3.8, 4) is 11.5 Å². The molecule has 7 heteroatoms. The first-order chi connectivity index (χ1) is 13.7. The molecule has 0 bridgehead atoms. The Balaban J connectivity index is 1.58. The van der Waals surface area contributed by atoms with E-state index in [0.717, 1.165) is 43.0 Å². The number of nitrogens with zero attached hydrogens (tertiary/aromatic N) is 2. The van der Waals surface area contributed by atoms with Crippen molar-refractivity contribution in [3.05, 3.63) is 47.0 Å². The summed E-state index contributed by atoms with van der Waals surface area (Å²) in [6.45, 7) is 2.78. The highest BCUT2D eigenvalue weighted by atomic mass is 35.5. The largest absolute Gasteiger partial charge is 0.454 e. The number of amidine groups is 1. The maximum absolute atomic E-state index is 12.2. The molecule has 1 saturated heterocycles. The Kier molecular flexibility index (Phi) is 4.45. The summed E-state index contributed by atoms with van der Waals surface area (Å²) in [5.74, 6) is 2.39. The van der Waals surface area contributed by atoms with Crippen LogP contribution in [0.1, 0.15) is 18.4 Å². The van der Waals surface area contributed by atoms with Crippen LogP contribution in [0.3, 0.4) is 0 Å². The summed E-state index contributed by atoms with van der Waals surface area (Å²) in [4.78, 5) is 19.3. The van der Waals surface area contributed by atoms with E-state index in [0.29, 0.717) is 35.4 Å². The van der Waals surface area contributed by atoms with Gasteiger partial charge in [-0.3, -0.25) is 4.79 Å². The predicted molar refractivity (Wildman–Crippen MR) is 108 cm³/mol. The molecule has 2 aromatic carbocycles. The highest BCUT2D eigenvalue weighted by Gasteiger charge is 2.30. The third kappa shape index (κ3) is 3.45. The molecular formula is C21H20ClN3O3. The molecule has 144 valence electrons. The standard InChI is InChI=1S/C21H20ClN3O3/c22-14-3-5-19-17(11-14)24-20(25-7-9-27-10-8-25)16-12-15(4-6-18(16)28-19)23-21(26)13-1-2-13/h3-6,11-13H,1-2,7-10H2,(H,23,26). The Labute approximate surface area is 168 Å². The number of nitrogens with one attached hydrogen (secondary N) is 1. The maximum Gasteiger partial charge on any atom is 0.227 e. The second-order valence-electron chi connectivity index (χ2n) is 7.22. The van der Waals surface area contributed by atoms with E-state index < -0.39 is 0 Å². The Morgan fingerprint density at radius 1 is 1.11 bits per heavy atom. The van der Waals surface area contributed by atoms with Gasteiger partial charge >= 0.3 is 0 Å². The van der Waals surface area contributed by atoms with Crippen LogP contribution in [0, 0.1) is 5.92 Å². The van der Waals surface area contributed by atoms with E-state index in [1.165, 1.54) is 0 Å². The minimum atomic E-state index is 0.0782. The first-order valence-corrected chi connectivity index (χ1v) is 9.89. The van der Waals surface area contributed by atoms with Crippen molar-refractivity contribution in [1.29, 1.82) is 0 Å². The quantitative estimate of drug-likeness (QED) is 0.824. The van der Waals surface area contributed by atoms with Gasteiger partial charge in [0.05, 0.1) is 18.8 Å². The molecule has 28 heavy (non-hydrogen) atoms. The second kappa shape index (κ2) is 7.11. The molecule has 0 atom stereocenters. The zero-order valence-electron chi connectivity index (χ0n) is 15.3. The van der Waals surface area contributed by atoms with Crippen LogP contribution >= 0.6 is 11.6 Å². The van der Waals surface area contributed by atoms with Crippen molar-refractivity contribution >= 4 is 34.7 Å². The zero-order valence-corrected chi connectivity index (χ0v) is 16.0. The van der Waals surface area contributed by atoms with Gasteiger partial charge in [0.25, 0.3) is 0 Å². The van der Waals surface area contributed by atoms with E-state index >= 15 is 0 Å². The van der Waals surface area contributed by atoms with Crippen LogP contribution in [-0.2, 0) is 9.53 Å². The fourth-order valence-electron chi connectivity index (χ4n) is 3.43. The molecule has 5 rings (SSSR count). The van der Waals surface area contributed by atoms with Crippen molar-refractivity contribution in [2.75, 3.05) is 31.6 Å².